The van der Waals surface area contributed by atoms with Crippen LogP contribution in [0.5, 0.6) is 0 Å². The van der Waals surface area contributed by atoms with Crippen LogP contribution in [0.3, 0.4) is 0 Å². The van der Waals surface area contributed by atoms with Gasteiger partial charge in [-0.2, -0.15) is 0 Å². The third-order valence-corrected chi connectivity index (χ3v) is 2.30. The van der Waals surface area contributed by atoms with Crippen molar-refractivity contribution in [3.63, 3.8) is 0 Å². The number of pyridine rings is 1. The normalized spacial score (nSPS) is 10.1. The third kappa shape index (κ3) is 3.18. The Morgan fingerprint density at radius 3 is 2.40 bits per heavy atom. The molecule has 2 heteroatoms. The van der Waals surface area contributed by atoms with Crippen molar-refractivity contribution in [3.05, 3.63) is 66.0 Å². The highest BCUT2D eigenvalue weighted by atomic mass is 14.9. The second-order valence-electron chi connectivity index (χ2n) is 3.50. The molecule has 0 bridgehead atoms. The Bertz CT molecular complexity index is 344. The second kappa shape index (κ2) is 5.27. The quantitative estimate of drug-likeness (QED) is 0.791. The van der Waals surface area contributed by atoms with Crippen molar-refractivity contribution >= 4 is 0 Å². The molecule has 0 saturated heterocycles. The number of hydrogen-bond donors (Lipinski definition) is 1. The fraction of sp³-hybridized carbons (Fsp3) is 0.154. The first-order valence-corrected chi connectivity index (χ1v) is 5.20. The molecule has 2 rings (SSSR count). The van der Waals surface area contributed by atoms with Crippen molar-refractivity contribution < 1.29 is 5.32 Å². The Labute approximate surface area is 90.0 Å². The first-order chi connectivity index (χ1) is 7.45. The molecular weight excluding hydrogens is 184 g/mol. The standard InChI is InChI=1S/C13H14N2/c1-2-6-12(7-3-1)10-14-11-13-8-4-5-9-15-13/h1-9,14H,10-11H2/p+1. The van der Waals surface area contributed by atoms with E-state index in [4.69, 9.17) is 0 Å². The van der Waals surface area contributed by atoms with Gasteiger partial charge in [-0.15, -0.1) is 0 Å². The number of hydrogen-bond acceptors (Lipinski definition) is 1. The number of rotatable bonds is 4. The van der Waals surface area contributed by atoms with Crippen LogP contribution < -0.4 is 5.32 Å². The van der Waals surface area contributed by atoms with E-state index in [0.29, 0.717) is 0 Å². The highest BCUT2D eigenvalue weighted by molar-refractivity contribution is 5.13. The Kier molecular flexibility index (Phi) is 3.47. The third-order valence-electron chi connectivity index (χ3n) is 2.30. The molecule has 0 spiro atoms. The van der Waals surface area contributed by atoms with Crippen molar-refractivity contribution in [1.29, 1.82) is 0 Å². The summed E-state index contributed by atoms with van der Waals surface area (Å²) in [6.45, 7) is 1.95. The van der Waals surface area contributed by atoms with Crippen LogP contribution in [0, 0.1) is 0 Å². The smallest absolute Gasteiger partial charge is 0.119 e. The van der Waals surface area contributed by atoms with Gasteiger partial charge in [-0.25, -0.2) is 0 Å². The molecule has 1 aromatic carbocycles. The van der Waals surface area contributed by atoms with Crippen molar-refractivity contribution in [3.8, 4) is 0 Å². The summed E-state index contributed by atoms with van der Waals surface area (Å²) < 4.78 is 0. The first kappa shape index (κ1) is 9.87. The van der Waals surface area contributed by atoms with E-state index in [1.807, 2.05) is 24.4 Å². The number of nitrogens with zero attached hydrogens (tertiary/aromatic N) is 1. The highest BCUT2D eigenvalue weighted by Crippen LogP contribution is 1.95. The molecule has 1 aromatic heterocycles. The minimum absolute atomic E-state index is 0.940. The summed E-state index contributed by atoms with van der Waals surface area (Å²) in [7, 11) is 0. The molecule has 0 fully saturated rings. The summed E-state index contributed by atoms with van der Waals surface area (Å²) in [6, 6.07) is 16.5. The lowest BCUT2D eigenvalue weighted by Crippen LogP contribution is -2.80. The maximum Gasteiger partial charge on any atom is 0.119 e. The average Bonchev–Trinajstić information content (AvgIpc) is 2.32. The van der Waals surface area contributed by atoms with E-state index >= 15 is 0 Å². The Balaban J connectivity index is 1.81. The van der Waals surface area contributed by atoms with Crippen molar-refractivity contribution in [2.75, 3.05) is 0 Å². The van der Waals surface area contributed by atoms with E-state index < -0.39 is 0 Å². The van der Waals surface area contributed by atoms with Gasteiger partial charge in [-0.05, 0) is 12.1 Å². The zero-order chi connectivity index (χ0) is 10.3. The highest BCUT2D eigenvalue weighted by Gasteiger charge is 1.96. The van der Waals surface area contributed by atoms with Crippen LogP contribution in [0.25, 0.3) is 0 Å². The fourth-order valence-electron chi connectivity index (χ4n) is 1.52. The van der Waals surface area contributed by atoms with E-state index in [0.717, 1.165) is 18.8 Å². The van der Waals surface area contributed by atoms with E-state index in [1.165, 1.54) is 5.56 Å². The topological polar surface area (TPSA) is 29.5 Å². The van der Waals surface area contributed by atoms with E-state index in [1.54, 1.807) is 0 Å². The second-order valence-corrected chi connectivity index (χ2v) is 3.50. The summed E-state index contributed by atoms with van der Waals surface area (Å²) in [5.41, 5.74) is 2.49. The summed E-state index contributed by atoms with van der Waals surface area (Å²) in [5, 5.41) is 2.26. The molecular formula is C13H15N2+. The average molecular weight is 199 g/mol. The summed E-state index contributed by atoms with van der Waals surface area (Å²) in [5.74, 6) is 0. The van der Waals surface area contributed by atoms with Gasteiger partial charge in [-0.3, -0.25) is 4.98 Å². The Morgan fingerprint density at radius 1 is 0.867 bits per heavy atom. The number of quaternary nitrogens is 1. The molecule has 2 nitrogen and oxygen atoms in total. The number of benzene rings is 1. The maximum atomic E-state index is 4.28. The number of aromatic nitrogens is 1. The van der Waals surface area contributed by atoms with Gasteiger partial charge in [0.1, 0.15) is 13.1 Å². The molecule has 0 unspecified atom stereocenters. The monoisotopic (exact) mass is 199 g/mol. The van der Waals surface area contributed by atoms with Crippen LogP contribution in [0.4, 0.5) is 0 Å². The predicted molar refractivity (Wildman–Crippen MR) is 60.0 cm³/mol. The molecule has 2 aromatic rings. The lowest BCUT2D eigenvalue weighted by atomic mass is 10.2. The van der Waals surface area contributed by atoms with E-state index in [2.05, 4.69) is 40.6 Å². The van der Waals surface area contributed by atoms with Crippen LogP contribution in [0.1, 0.15) is 11.3 Å². The van der Waals surface area contributed by atoms with Gasteiger partial charge in [0.05, 0.1) is 5.69 Å². The maximum absolute atomic E-state index is 4.28. The van der Waals surface area contributed by atoms with Crippen LogP contribution in [-0.2, 0) is 13.1 Å². The van der Waals surface area contributed by atoms with Crippen LogP contribution in [-0.4, -0.2) is 4.98 Å². The van der Waals surface area contributed by atoms with Gasteiger partial charge in [0.15, 0.2) is 0 Å². The van der Waals surface area contributed by atoms with Gasteiger partial charge in [0.25, 0.3) is 0 Å². The molecule has 0 aliphatic heterocycles. The van der Waals surface area contributed by atoms with Gasteiger partial charge in [0, 0.05) is 11.8 Å². The molecule has 76 valence electrons. The first-order valence-electron chi connectivity index (χ1n) is 5.20. The van der Waals surface area contributed by atoms with Gasteiger partial charge < -0.3 is 5.32 Å². The van der Waals surface area contributed by atoms with Crippen LogP contribution in [0.2, 0.25) is 0 Å². The van der Waals surface area contributed by atoms with Crippen LogP contribution in [0.15, 0.2) is 54.7 Å². The SMILES string of the molecule is c1ccc(C[NH2+]Cc2ccccn2)cc1. The Morgan fingerprint density at radius 2 is 1.67 bits per heavy atom. The van der Waals surface area contributed by atoms with Crippen LogP contribution >= 0.6 is 0 Å². The molecule has 0 radical (unpaired) electrons. The predicted octanol–water partition coefficient (Wildman–Crippen LogP) is 1.35. The van der Waals surface area contributed by atoms with Gasteiger partial charge >= 0.3 is 0 Å². The van der Waals surface area contributed by atoms with Gasteiger partial charge in [0.2, 0.25) is 0 Å². The molecule has 15 heavy (non-hydrogen) atoms. The Hall–Kier alpha value is -1.67. The zero-order valence-electron chi connectivity index (χ0n) is 8.63. The summed E-state index contributed by atoms with van der Waals surface area (Å²) in [4.78, 5) is 4.28. The molecule has 0 saturated carbocycles. The molecule has 1 heterocycles. The largest absolute Gasteiger partial charge is 0.337 e. The molecule has 0 aliphatic rings. The molecule has 0 aliphatic carbocycles. The minimum Gasteiger partial charge on any atom is -0.337 e. The molecule has 2 N–H and O–H groups in total. The lowest BCUT2D eigenvalue weighted by Gasteiger charge is -2.00. The van der Waals surface area contributed by atoms with Crippen molar-refractivity contribution in [2.24, 2.45) is 0 Å². The summed E-state index contributed by atoms with van der Waals surface area (Å²) in [6.07, 6.45) is 1.84. The number of nitrogens with two attached hydrogens (primary N) is 1. The minimum atomic E-state index is 0.940. The van der Waals surface area contributed by atoms with Gasteiger partial charge in [-0.1, -0.05) is 36.4 Å². The van der Waals surface area contributed by atoms with Crippen molar-refractivity contribution in [1.82, 2.24) is 4.98 Å². The van der Waals surface area contributed by atoms with Crippen molar-refractivity contribution in [2.45, 2.75) is 13.1 Å². The summed E-state index contributed by atoms with van der Waals surface area (Å²) >= 11 is 0. The fourth-order valence-corrected chi connectivity index (χ4v) is 1.52. The zero-order valence-corrected chi connectivity index (χ0v) is 8.63. The van der Waals surface area contributed by atoms with E-state index in [-0.39, 0.29) is 0 Å². The molecule has 0 amide bonds. The lowest BCUT2D eigenvalue weighted by molar-refractivity contribution is -0.686. The molecule has 0 atom stereocenters. The van der Waals surface area contributed by atoms with E-state index in [9.17, 15) is 0 Å².